The van der Waals surface area contributed by atoms with Crippen LogP contribution in [0.2, 0.25) is 5.02 Å². The molecule has 5 nitrogen and oxygen atoms in total. The van der Waals surface area contributed by atoms with Crippen molar-refractivity contribution in [3.63, 3.8) is 0 Å². The van der Waals surface area contributed by atoms with Gasteiger partial charge in [0.05, 0.1) is 29.8 Å². The van der Waals surface area contributed by atoms with Crippen molar-refractivity contribution in [3.05, 3.63) is 110 Å². The van der Waals surface area contributed by atoms with Gasteiger partial charge >= 0.3 is 0 Å². The third kappa shape index (κ3) is 4.18. The Balaban J connectivity index is 1.43. The second kappa shape index (κ2) is 9.33. The topological polar surface area (TPSA) is 58.6 Å². The standard InChI is InChI=1S/C27H21ClN2O3S/c1-33-24-9-5-3-7-21(24)26(31)29-19-10-11-20(22(28)15-19)27(32)30-16-18-12-13-34-25(18)14-17-6-2-4-8-23(17)30/h2-13,15H,14,16H2,1H3,(H,29,31). The highest BCUT2D eigenvalue weighted by Gasteiger charge is 2.27. The number of methoxy groups -OCH3 is 1. The Hall–Kier alpha value is -3.61. The molecule has 1 aliphatic heterocycles. The fraction of sp³-hybridized carbons (Fsp3) is 0.111. The summed E-state index contributed by atoms with van der Waals surface area (Å²) < 4.78 is 5.27. The van der Waals surface area contributed by atoms with Gasteiger partial charge in [-0.3, -0.25) is 9.59 Å². The van der Waals surface area contributed by atoms with E-state index in [1.807, 2.05) is 18.2 Å². The summed E-state index contributed by atoms with van der Waals surface area (Å²) in [5, 5.41) is 5.16. The Labute approximate surface area is 206 Å². The zero-order valence-corrected chi connectivity index (χ0v) is 20.0. The Morgan fingerprint density at radius 3 is 2.59 bits per heavy atom. The number of hydrogen-bond donors (Lipinski definition) is 1. The summed E-state index contributed by atoms with van der Waals surface area (Å²) in [4.78, 5) is 29.4. The van der Waals surface area contributed by atoms with Crippen LogP contribution in [0.4, 0.5) is 11.4 Å². The SMILES string of the molecule is COc1ccccc1C(=O)Nc1ccc(C(=O)N2Cc3ccsc3Cc3ccccc32)c(Cl)c1. The fourth-order valence-corrected chi connectivity index (χ4v) is 5.32. The number of nitrogens with zero attached hydrogens (tertiary/aromatic N) is 1. The second-order valence-corrected chi connectivity index (χ2v) is 9.32. The lowest BCUT2D eigenvalue weighted by molar-refractivity contribution is 0.0984. The minimum atomic E-state index is -0.320. The largest absolute Gasteiger partial charge is 0.496 e. The number of rotatable bonds is 4. The molecule has 1 aromatic heterocycles. The molecule has 1 aliphatic rings. The summed E-state index contributed by atoms with van der Waals surface area (Å²) in [6.07, 6.45) is 0.800. The molecule has 0 unspecified atom stereocenters. The van der Waals surface area contributed by atoms with Gasteiger partial charge in [-0.05, 0) is 59.0 Å². The Morgan fingerprint density at radius 1 is 0.971 bits per heavy atom. The number of hydrogen-bond acceptors (Lipinski definition) is 4. The molecule has 0 atom stereocenters. The monoisotopic (exact) mass is 488 g/mol. The number of carbonyl (C=O) groups excluding carboxylic acids is 2. The van der Waals surface area contributed by atoms with Crippen LogP contribution >= 0.6 is 22.9 Å². The number of halogens is 1. The van der Waals surface area contributed by atoms with E-state index in [4.69, 9.17) is 16.3 Å². The van der Waals surface area contributed by atoms with Crippen molar-refractivity contribution in [2.75, 3.05) is 17.3 Å². The molecular weight excluding hydrogens is 468 g/mol. The van der Waals surface area contributed by atoms with E-state index < -0.39 is 0 Å². The molecule has 0 bridgehead atoms. The van der Waals surface area contributed by atoms with Crippen LogP contribution in [0.1, 0.15) is 36.7 Å². The van der Waals surface area contributed by atoms with Gasteiger partial charge in [0.2, 0.25) is 0 Å². The van der Waals surface area contributed by atoms with Gasteiger partial charge < -0.3 is 15.0 Å². The van der Waals surface area contributed by atoms with Crippen molar-refractivity contribution in [3.8, 4) is 5.75 Å². The van der Waals surface area contributed by atoms with Crippen LogP contribution in [0.3, 0.4) is 0 Å². The molecule has 34 heavy (non-hydrogen) atoms. The van der Waals surface area contributed by atoms with Gasteiger partial charge in [-0.1, -0.05) is 41.9 Å². The lowest BCUT2D eigenvalue weighted by atomic mass is 10.1. The fourth-order valence-electron chi connectivity index (χ4n) is 4.14. The normalized spacial score (nSPS) is 12.4. The number of anilines is 2. The Bertz CT molecular complexity index is 1400. The molecule has 4 aromatic rings. The highest BCUT2D eigenvalue weighted by atomic mass is 35.5. The molecule has 0 saturated heterocycles. The molecule has 0 fully saturated rings. The molecule has 2 heterocycles. The molecule has 0 radical (unpaired) electrons. The molecule has 1 N–H and O–H groups in total. The number of fused-ring (bicyclic) bond motifs is 2. The molecule has 5 rings (SSSR count). The number of thiophene rings is 1. The minimum absolute atomic E-state index is 0.181. The highest BCUT2D eigenvalue weighted by molar-refractivity contribution is 7.10. The van der Waals surface area contributed by atoms with Crippen LogP contribution in [-0.4, -0.2) is 18.9 Å². The molecular formula is C27H21ClN2O3S. The van der Waals surface area contributed by atoms with Gasteiger partial charge in [0.15, 0.2) is 0 Å². The van der Waals surface area contributed by atoms with Gasteiger partial charge in [-0.15, -0.1) is 11.3 Å². The van der Waals surface area contributed by atoms with E-state index >= 15 is 0 Å². The van der Waals surface area contributed by atoms with Gasteiger partial charge in [0.25, 0.3) is 11.8 Å². The Morgan fingerprint density at radius 2 is 1.76 bits per heavy atom. The lowest BCUT2D eigenvalue weighted by Crippen LogP contribution is -2.30. The number of carbonyl (C=O) groups is 2. The van der Waals surface area contributed by atoms with Crippen LogP contribution < -0.4 is 15.0 Å². The summed E-state index contributed by atoms with van der Waals surface area (Å²) in [7, 11) is 1.52. The summed E-state index contributed by atoms with van der Waals surface area (Å²) in [6, 6.07) is 22.0. The highest BCUT2D eigenvalue weighted by Crippen LogP contribution is 2.35. The van der Waals surface area contributed by atoms with Crippen LogP contribution in [0.15, 0.2) is 78.2 Å². The maximum Gasteiger partial charge on any atom is 0.260 e. The zero-order valence-electron chi connectivity index (χ0n) is 18.4. The molecule has 0 saturated carbocycles. The summed E-state index contributed by atoms with van der Waals surface area (Å²) in [5.74, 6) is -0.0244. The third-order valence-electron chi connectivity index (χ3n) is 5.85. The smallest absolute Gasteiger partial charge is 0.260 e. The van der Waals surface area contributed by atoms with E-state index in [1.54, 1.807) is 58.7 Å². The number of benzene rings is 3. The van der Waals surface area contributed by atoms with Crippen LogP contribution in [-0.2, 0) is 13.0 Å². The first-order chi connectivity index (χ1) is 16.5. The average molecular weight is 489 g/mol. The van der Waals surface area contributed by atoms with Crippen molar-refractivity contribution in [1.29, 1.82) is 0 Å². The molecule has 3 aromatic carbocycles. The van der Waals surface area contributed by atoms with E-state index in [0.717, 1.165) is 23.2 Å². The van der Waals surface area contributed by atoms with E-state index in [1.165, 1.54) is 12.0 Å². The summed E-state index contributed by atoms with van der Waals surface area (Å²) in [5.41, 5.74) is 4.43. The van der Waals surface area contributed by atoms with Gasteiger partial charge in [0.1, 0.15) is 5.75 Å². The number of nitrogens with one attached hydrogen (secondary N) is 1. The first kappa shape index (κ1) is 22.2. The maximum atomic E-state index is 13.6. The first-order valence-corrected chi connectivity index (χ1v) is 12.0. The molecule has 2 amide bonds. The predicted molar refractivity (Wildman–Crippen MR) is 136 cm³/mol. The zero-order chi connectivity index (χ0) is 23.7. The summed E-state index contributed by atoms with van der Waals surface area (Å²) in [6.45, 7) is 0.483. The molecule has 7 heteroatoms. The van der Waals surface area contributed by atoms with Crippen LogP contribution in [0, 0.1) is 0 Å². The second-order valence-electron chi connectivity index (χ2n) is 7.91. The van der Waals surface area contributed by atoms with Crippen molar-refractivity contribution >= 4 is 46.1 Å². The Kier molecular flexibility index (Phi) is 6.09. The summed E-state index contributed by atoms with van der Waals surface area (Å²) >= 11 is 8.27. The number of para-hydroxylation sites is 2. The predicted octanol–water partition coefficient (Wildman–Crippen LogP) is 6.41. The third-order valence-corrected chi connectivity index (χ3v) is 7.13. The van der Waals surface area contributed by atoms with Crippen molar-refractivity contribution < 1.29 is 14.3 Å². The molecule has 0 aliphatic carbocycles. The van der Waals surface area contributed by atoms with Crippen LogP contribution in [0.25, 0.3) is 0 Å². The van der Waals surface area contributed by atoms with Gasteiger partial charge in [-0.25, -0.2) is 0 Å². The van der Waals surface area contributed by atoms with E-state index in [2.05, 4.69) is 22.8 Å². The van der Waals surface area contributed by atoms with Crippen molar-refractivity contribution in [2.45, 2.75) is 13.0 Å². The minimum Gasteiger partial charge on any atom is -0.496 e. The lowest BCUT2D eigenvalue weighted by Gasteiger charge is -2.24. The quantitative estimate of drug-likeness (QED) is 0.361. The average Bonchev–Trinajstić information content (AvgIpc) is 3.22. The van der Waals surface area contributed by atoms with E-state index in [0.29, 0.717) is 29.1 Å². The number of ether oxygens (including phenoxy) is 1. The van der Waals surface area contributed by atoms with Crippen molar-refractivity contribution in [2.24, 2.45) is 0 Å². The van der Waals surface area contributed by atoms with Crippen LogP contribution in [0.5, 0.6) is 5.75 Å². The van der Waals surface area contributed by atoms with Gasteiger partial charge in [0, 0.05) is 22.7 Å². The molecule has 170 valence electrons. The van der Waals surface area contributed by atoms with Crippen molar-refractivity contribution in [1.82, 2.24) is 0 Å². The van der Waals surface area contributed by atoms with E-state index in [9.17, 15) is 9.59 Å². The maximum absolute atomic E-state index is 13.6. The number of amides is 2. The first-order valence-electron chi connectivity index (χ1n) is 10.7. The van der Waals surface area contributed by atoms with E-state index in [-0.39, 0.29) is 16.8 Å². The van der Waals surface area contributed by atoms with Gasteiger partial charge in [-0.2, -0.15) is 0 Å². The molecule has 0 spiro atoms.